The van der Waals surface area contributed by atoms with Crippen LogP contribution < -0.4 is 20.1 Å². The van der Waals surface area contributed by atoms with Gasteiger partial charge >= 0.3 is 0 Å². The summed E-state index contributed by atoms with van der Waals surface area (Å²) in [6.45, 7) is 2.86. The summed E-state index contributed by atoms with van der Waals surface area (Å²) < 4.78 is 10.6. The number of hydrogen-bond acceptors (Lipinski definition) is 4. The second kappa shape index (κ2) is 9.03. The second-order valence-corrected chi connectivity index (χ2v) is 5.53. The molecule has 2 N–H and O–H groups in total. The number of ether oxygens (including phenoxy) is 2. The summed E-state index contributed by atoms with van der Waals surface area (Å²) >= 11 is 6.04. The van der Waals surface area contributed by atoms with Gasteiger partial charge in [-0.1, -0.05) is 24.6 Å². The van der Waals surface area contributed by atoms with Crippen LogP contribution in [0.15, 0.2) is 42.5 Å². The van der Waals surface area contributed by atoms with E-state index < -0.39 is 0 Å². The third-order valence-corrected chi connectivity index (χ3v) is 3.49. The topological polar surface area (TPSA) is 59.6 Å². The van der Waals surface area contributed by atoms with Crippen LogP contribution in [0.4, 0.5) is 11.4 Å². The quantitative estimate of drug-likeness (QED) is 0.751. The SMILES string of the molecule is CCCOc1cccc(NCC(=O)Nc2ccc(OC)c(Cl)c2)c1. The van der Waals surface area contributed by atoms with Gasteiger partial charge in [-0.2, -0.15) is 0 Å². The highest BCUT2D eigenvalue weighted by Gasteiger charge is 2.06. The van der Waals surface area contributed by atoms with Gasteiger partial charge in [0.05, 0.1) is 25.3 Å². The van der Waals surface area contributed by atoms with Gasteiger partial charge in [-0.3, -0.25) is 4.79 Å². The van der Waals surface area contributed by atoms with E-state index in [0.29, 0.717) is 23.1 Å². The summed E-state index contributed by atoms with van der Waals surface area (Å²) in [7, 11) is 1.54. The van der Waals surface area contributed by atoms with Crippen LogP contribution in [0, 0.1) is 0 Å². The molecule has 5 nitrogen and oxygen atoms in total. The fourth-order valence-corrected chi connectivity index (χ4v) is 2.31. The van der Waals surface area contributed by atoms with Gasteiger partial charge in [-0.05, 0) is 36.8 Å². The van der Waals surface area contributed by atoms with Crippen molar-refractivity contribution in [3.63, 3.8) is 0 Å². The van der Waals surface area contributed by atoms with Crippen LogP contribution in [0.5, 0.6) is 11.5 Å². The fraction of sp³-hybridized carbons (Fsp3) is 0.278. The van der Waals surface area contributed by atoms with Crippen molar-refractivity contribution in [2.75, 3.05) is 30.9 Å². The Morgan fingerprint density at radius 3 is 2.71 bits per heavy atom. The first-order chi connectivity index (χ1) is 11.6. The summed E-state index contributed by atoms with van der Waals surface area (Å²) in [5.41, 5.74) is 1.44. The first-order valence-electron chi connectivity index (χ1n) is 7.72. The van der Waals surface area contributed by atoms with Crippen molar-refractivity contribution in [1.29, 1.82) is 0 Å². The number of amides is 1. The Morgan fingerprint density at radius 1 is 1.17 bits per heavy atom. The summed E-state index contributed by atoms with van der Waals surface area (Å²) in [6, 6.07) is 12.6. The van der Waals surface area contributed by atoms with Crippen LogP contribution in [0.25, 0.3) is 0 Å². The number of rotatable bonds is 8. The summed E-state index contributed by atoms with van der Waals surface area (Å²) in [5, 5.41) is 6.30. The zero-order chi connectivity index (χ0) is 17.4. The van der Waals surface area contributed by atoms with Gasteiger partial charge in [0.2, 0.25) is 5.91 Å². The third kappa shape index (κ3) is 5.35. The van der Waals surface area contributed by atoms with Crippen molar-refractivity contribution in [2.24, 2.45) is 0 Å². The zero-order valence-corrected chi connectivity index (χ0v) is 14.5. The zero-order valence-electron chi connectivity index (χ0n) is 13.8. The van der Waals surface area contributed by atoms with Crippen molar-refractivity contribution in [3.8, 4) is 11.5 Å². The Morgan fingerprint density at radius 2 is 2.00 bits per heavy atom. The van der Waals surface area contributed by atoms with Crippen LogP contribution in [0.1, 0.15) is 13.3 Å². The van der Waals surface area contributed by atoms with E-state index in [-0.39, 0.29) is 12.5 Å². The van der Waals surface area contributed by atoms with Crippen LogP contribution in [0.3, 0.4) is 0 Å². The van der Waals surface area contributed by atoms with Gasteiger partial charge in [-0.15, -0.1) is 0 Å². The maximum Gasteiger partial charge on any atom is 0.243 e. The van der Waals surface area contributed by atoms with E-state index in [0.717, 1.165) is 17.9 Å². The van der Waals surface area contributed by atoms with E-state index in [9.17, 15) is 4.79 Å². The molecular formula is C18H21ClN2O3. The molecule has 0 bridgehead atoms. The number of benzene rings is 2. The Bertz CT molecular complexity index is 692. The molecule has 0 aromatic heterocycles. The largest absolute Gasteiger partial charge is 0.495 e. The number of carbonyl (C=O) groups excluding carboxylic acids is 1. The van der Waals surface area contributed by atoms with Crippen LogP contribution in [0.2, 0.25) is 5.02 Å². The minimum atomic E-state index is -0.170. The molecule has 0 radical (unpaired) electrons. The average Bonchev–Trinajstić information content (AvgIpc) is 2.59. The molecule has 0 spiro atoms. The van der Waals surface area contributed by atoms with E-state index >= 15 is 0 Å². The average molecular weight is 349 g/mol. The van der Waals surface area contributed by atoms with Gasteiger partial charge in [0.1, 0.15) is 11.5 Å². The van der Waals surface area contributed by atoms with Crippen molar-refractivity contribution in [1.82, 2.24) is 0 Å². The molecule has 24 heavy (non-hydrogen) atoms. The van der Waals surface area contributed by atoms with Crippen molar-refractivity contribution in [2.45, 2.75) is 13.3 Å². The molecule has 0 atom stereocenters. The summed E-state index contributed by atoms with van der Waals surface area (Å²) in [5.74, 6) is 1.18. The molecule has 128 valence electrons. The molecule has 1 amide bonds. The monoisotopic (exact) mass is 348 g/mol. The molecule has 2 aromatic rings. The molecule has 0 unspecified atom stereocenters. The van der Waals surface area contributed by atoms with E-state index in [1.165, 1.54) is 0 Å². The lowest BCUT2D eigenvalue weighted by molar-refractivity contribution is -0.114. The lowest BCUT2D eigenvalue weighted by Gasteiger charge is -2.11. The molecule has 2 rings (SSSR count). The second-order valence-electron chi connectivity index (χ2n) is 5.13. The van der Waals surface area contributed by atoms with Crippen LogP contribution >= 0.6 is 11.6 Å². The highest BCUT2D eigenvalue weighted by Crippen LogP contribution is 2.27. The van der Waals surface area contributed by atoms with Crippen LogP contribution in [-0.2, 0) is 4.79 Å². The number of carbonyl (C=O) groups is 1. The first kappa shape index (κ1) is 17.9. The molecular weight excluding hydrogens is 328 g/mol. The summed E-state index contributed by atoms with van der Waals surface area (Å²) in [4.78, 5) is 12.0. The normalized spacial score (nSPS) is 10.1. The number of methoxy groups -OCH3 is 1. The van der Waals surface area contributed by atoms with Gasteiger partial charge in [-0.25, -0.2) is 0 Å². The fourth-order valence-electron chi connectivity index (χ4n) is 2.05. The first-order valence-corrected chi connectivity index (χ1v) is 8.10. The molecule has 0 aliphatic carbocycles. The Balaban J connectivity index is 1.88. The lowest BCUT2D eigenvalue weighted by atomic mass is 10.3. The molecule has 2 aromatic carbocycles. The van der Waals surface area contributed by atoms with Crippen molar-refractivity contribution >= 4 is 28.9 Å². The van der Waals surface area contributed by atoms with E-state index in [1.54, 1.807) is 25.3 Å². The molecule has 6 heteroatoms. The minimum absolute atomic E-state index is 0.140. The minimum Gasteiger partial charge on any atom is -0.495 e. The highest BCUT2D eigenvalue weighted by atomic mass is 35.5. The van der Waals surface area contributed by atoms with Crippen molar-refractivity contribution < 1.29 is 14.3 Å². The standard InChI is InChI=1S/C18H21ClN2O3/c1-3-9-24-15-6-4-5-13(10-15)20-12-18(22)21-14-7-8-17(23-2)16(19)11-14/h4-8,10-11,20H,3,9,12H2,1-2H3,(H,21,22). The van der Waals surface area contributed by atoms with Crippen molar-refractivity contribution in [3.05, 3.63) is 47.5 Å². The molecule has 0 heterocycles. The van der Waals surface area contributed by atoms with Gasteiger partial charge < -0.3 is 20.1 Å². The smallest absolute Gasteiger partial charge is 0.243 e. The predicted molar refractivity (Wildman–Crippen MR) is 97.4 cm³/mol. The van der Waals surface area contributed by atoms with E-state index in [2.05, 4.69) is 17.6 Å². The summed E-state index contributed by atoms with van der Waals surface area (Å²) in [6.07, 6.45) is 0.949. The predicted octanol–water partition coefficient (Wildman–Crippen LogP) is 4.19. The molecule has 0 saturated carbocycles. The maximum absolute atomic E-state index is 12.0. The Kier molecular flexibility index (Phi) is 6.75. The number of anilines is 2. The molecule has 0 aliphatic rings. The third-order valence-electron chi connectivity index (χ3n) is 3.20. The van der Waals surface area contributed by atoms with Gasteiger partial charge in [0.15, 0.2) is 0 Å². The van der Waals surface area contributed by atoms with Crippen LogP contribution in [-0.4, -0.2) is 26.2 Å². The Labute approximate surface area is 146 Å². The highest BCUT2D eigenvalue weighted by molar-refractivity contribution is 6.32. The Hall–Kier alpha value is -2.40. The number of hydrogen-bond donors (Lipinski definition) is 2. The number of nitrogens with one attached hydrogen (secondary N) is 2. The molecule has 0 fully saturated rings. The van der Waals surface area contributed by atoms with Gasteiger partial charge in [0.25, 0.3) is 0 Å². The lowest BCUT2D eigenvalue weighted by Crippen LogP contribution is -2.21. The number of halogens is 1. The maximum atomic E-state index is 12.0. The molecule has 0 aliphatic heterocycles. The van der Waals surface area contributed by atoms with E-state index in [4.69, 9.17) is 21.1 Å². The molecule has 0 saturated heterocycles. The van der Waals surface area contributed by atoms with E-state index in [1.807, 2.05) is 24.3 Å². The van der Waals surface area contributed by atoms with Gasteiger partial charge in [0, 0.05) is 17.4 Å².